The van der Waals surface area contributed by atoms with Crippen LogP contribution in [0.5, 0.6) is 0 Å². The van der Waals surface area contributed by atoms with E-state index in [4.69, 9.17) is 4.74 Å². The number of rotatable bonds is 4. The number of alkyl halides is 3. The number of aliphatic hydroxyl groups is 1. The molecular formula is C27H33F3N2O2. The van der Waals surface area contributed by atoms with E-state index in [2.05, 4.69) is 22.3 Å². The summed E-state index contributed by atoms with van der Waals surface area (Å²) in [6.07, 6.45) is -0.805. The van der Waals surface area contributed by atoms with Crippen LogP contribution in [0.1, 0.15) is 67.9 Å². The topological polar surface area (TPSA) is 44.7 Å². The van der Waals surface area contributed by atoms with Crippen LogP contribution in [0.3, 0.4) is 0 Å². The van der Waals surface area contributed by atoms with E-state index in [-0.39, 0.29) is 24.2 Å². The van der Waals surface area contributed by atoms with E-state index in [0.717, 1.165) is 69.1 Å². The molecule has 2 saturated heterocycles. The summed E-state index contributed by atoms with van der Waals surface area (Å²) >= 11 is 0. The van der Waals surface area contributed by atoms with Crippen LogP contribution in [0.4, 0.5) is 18.9 Å². The number of halogens is 3. The van der Waals surface area contributed by atoms with Crippen molar-refractivity contribution in [2.45, 2.75) is 69.1 Å². The van der Waals surface area contributed by atoms with E-state index in [1.165, 1.54) is 6.07 Å². The van der Waals surface area contributed by atoms with Crippen LogP contribution in [0.15, 0.2) is 48.5 Å². The Balaban J connectivity index is 1.39. The molecule has 0 spiro atoms. The van der Waals surface area contributed by atoms with Crippen molar-refractivity contribution < 1.29 is 23.0 Å². The molecule has 3 aliphatic heterocycles. The molecule has 0 aromatic heterocycles. The molecule has 0 radical (unpaired) electrons. The van der Waals surface area contributed by atoms with Crippen LogP contribution in [0.25, 0.3) is 0 Å². The van der Waals surface area contributed by atoms with Gasteiger partial charge >= 0.3 is 6.18 Å². The molecule has 0 amide bonds. The molecule has 0 saturated carbocycles. The minimum Gasteiger partial charge on any atom is -0.390 e. The Morgan fingerprint density at radius 2 is 1.82 bits per heavy atom. The first-order valence-corrected chi connectivity index (χ1v) is 12.4. The zero-order valence-electron chi connectivity index (χ0n) is 19.5. The van der Waals surface area contributed by atoms with E-state index < -0.39 is 17.3 Å². The van der Waals surface area contributed by atoms with Gasteiger partial charge in [-0.25, -0.2) is 0 Å². The third-order valence-corrected chi connectivity index (χ3v) is 8.04. The predicted octanol–water partition coefficient (Wildman–Crippen LogP) is 5.95. The molecule has 2 N–H and O–H groups in total. The molecule has 184 valence electrons. The lowest BCUT2D eigenvalue weighted by atomic mass is 9.76. The number of anilines is 1. The molecule has 3 heterocycles. The number of likely N-dealkylation sites (tertiary alicyclic amines) is 1. The summed E-state index contributed by atoms with van der Waals surface area (Å²) in [5.41, 5.74) is 1.25. The first kappa shape index (κ1) is 23.6. The molecule has 7 heteroatoms. The van der Waals surface area contributed by atoms with Crippen LogP contribution >= 0.6 is 0 Å². The minimum absolute atomic E-state index is 0.00840. The van der Waals surface area contributed by atoms with Crippen molar-refractivity contribution in [1.29, 1.82) is 0 Å². The van der Waals surface area contributed by atoms with Crippen molar-refractivity contribution in [3.05, 3.63) is 65.2 Å². The summed E-state index contributed by atoms with van der Waals surface area (Å²) in [4.78, 5) is 2.33. The number of hydrogen-bond donors (Lipinski definition) is 2. The Hall–Kier alpha value is -2.09. The van der Waals surface area contributed by atoms with Gasteiger partial charge in [-0.15, -0.1) is 0 Å². The summed E-state index contributed by atoms with van der Waals surface area (Å²) in [7, 11) is 0. The molecule has 3 aliphatic rings. The van der Waals surface area contributed by atoms with Gasteiger partial charge in [0.25, 0.3) is 0 Å². The van der Waals surface area contributed by atoms with Crippen molar-refractivity contribution in [3.8, 4) is 0 Å². The van der Waals surface area contributed by atoms with Crippen molar-refractivity contribution in [2.75, 3.05) is 25.0 Å². The van der Waals surface area contributed by atoms with E-state index >= 15 is 0 Å². The highest BCUT2D eigenvalue weighted by Gasteiger charge is 2.44. The Labute approximate surface area is 199 Å². The smallest absolute Gasteiger partial charge is 0.390 e. The fraction of sp³-hybridized carbons (Fsp3) is 0.556. The first-order valence-electron chi connectivity index (χ1n) is 12.4. The monoisotopic (exact) mass is 474 g/mol. The molecule has 0 aliphatic carbocycles. The van der Waals surface area contributed by atoms with Crippen molar-refractivity contribution >= 4 is 5.69 Å². The second kappa shape index (κ2) is 9.17. The van der Waals surface area contributed by atoms with E-state index in [9.17, 15) is 18.3 Å². The molecule has 4 atom stereocenters. The number of ether oxygens (including phenoxy) is 1. The van der Waals surface area contributed by atoms with Gasteiger partial charge in [0.05, 0.1) is 29.4 Å². The van der Waals surface area contributed by atoms with Gasteiger partial charge in [0.1, 0.15) is 0 Å². The largest absolute Gasteiger partial charge is 0.416 e. The summed E-state index contributed by atoms with van der Waals surface area (Å²) in [6.45, 7) is 4.41. The Bertz CT molecular complexity index is 989. The molecule has 34 heavy (non-hydrogen) atoms. The highest BCUT2D eigenvalue weighted by Crippen LogP contribution is 2.51. The van der Waals surface area contributed by atoms with E-state index in [1.54, 1.807) is 6.07 Å². The van der Waals surface area contributed by atoms with Crippen LogP contribution in [-0.2, 0) is 10.9 Å². The number of piperidine rings is 1. The van der Waals surface area contributed by atoms with Gasteiger partial charge < -0.3 is 20.1 Å². The number of nitrogens with zero attached hydrogens (tertiary/aromatic N) is 1. The maximum Gasteiger partial charge on any atom is 0.416 e. The van der Waals surface area contributed by atoms with Gasteiger partial charge in [-0.05, 0) is 55.9 Å². The summed E-state index contributed by atoms with van der Waals surface area (Å²) in [5.74, 6) is 0.0566. The molecule has 2 aromatic rings. The van der Waals surface area contributed by atoms with E-state index in [0.29, 0.717) is 5.56 Å². The van der Waals surface area contributed by atoms with Gasteiger partial charge in [-0.2, -0.15) is 13.2 Å². The van der Waals surface area contributed by atoms with Gasteiger partial charge in [-0.3, -0.25) is 0 Å². The average molecular weight is 475 g/mol. The van der Waals surface area contributed by atoms with Gasteiger partial charge in [-0.1, -0.05) is 37.3 Å². The molecule has 5 rings (SSSR count). The van der Waals surface area contributed by atoms with Crippen molar-refractivity contribution in [3.63, 3.8) is 0 Å². The first-order chi connectivity index (χ1) is 16.3. The van der Waals surface area contributed by atoms with Crippen LogP contribution in [0.2, 0.25) is 0 Å². The van der Waals surface area contributed by atoms with Crippen molar-refractivity contribution in [2.24, 2.45) is 5.92 Å². The minimum atomic E-state index is -4.39. The van der Waals surface area contributed by atoms with Crippen molar-refractivity contribution in [1.82, 2.24) is 4.90 Å². The third kappa shape index (κ3) is 4.70. The summed E-state index contributed by atoms with van der Waals surface area (Å²) in [6, 6.07) is 14.1. The molecule has 0 bridgehead atoms. The molecule has 4 nitrogen and oxygen atoms in total. The quantitative estimate of drug-likeness (QED) is 0.575. The van der Waals surface area contributed by atoms with Gasteiger partial charge in [0.15, 0.2) is 0 Å². The molecule has 0 unspecified atom stereocenters. The number of nitrogens with one attached hydrogen (secondary N) is 1. The lowest BCUT2D eigenvalue weighted by Crippen LogP contribution is -2.48. The van der Waals surface area contributed by atoms with Crippen LogP contribution in [-0.4, -0.2) is 41.3 Å². The van der Waals surface area contributed by atoms with Gasteiger partial charge in [0.2, 0.25) is 0 Å². The fourth-order valence-electron chi connectivity index (χ4n) is 5.85. The molecule has 2 aromatic carbocycles. The lowest BCUT2D eigenvalue weighted by Gasteiger charge is -2.47. The second-order valence-corrected chi connectivity index (χ2v) is 10.1. The number of fused-ring (bicyclic) bond motifs is 3. The third-order valence-electron chi connectivity index (χ3n) is 8.04. The SMILES string of the molecule is CCC1(O)CCN(C[C@H]2CC[C@@H]3[C@H](O2)c2cc(C(F)(F)F)ccc2N[C@H]3c2ccccc2)CC1. The van der Waals surface area contributed by atoms with Gasteiger partial charge in [0, 0.05) is 36.8 Å². The van der Waals surface area contributed by atoms with Crippen LogP contribution in [0, 0.1) is 5.92 Å². The number of benzene rings is 2. The Morgan fingerprint density at radius 1 is 1.09 bits per heavy atom. The fourth-order valence-corrected chi connectivity index (χ4v) is 5.85. The Kier molecular flexibility index (Phi) is 6.38. The normalized spacial score (nSPS) is 29.1. The summed E-state index contributed by atoms with van der Waals surface area (Å²) < 4.78 is 47.1. The Morgan fingerprint density at radius 3 is 2.50 bits per heavy atom. The molecular weight excluding hydrogens is 441 g/mol. The zero-order valence-corrected chi connectivity index (χ0v) is 19.5. The van der Waals surface area contributed by atoms with E-state index in [1.807, 2.05) is 25.1 Å². The maximum absolute atomic E-state index is 13.5. The standard InChI is InChI=1S/C27H33F3N2O2/c1-2-26(33)12-14-32(15-13-26)17-20-9-10-21-24(18-6-4-3-5-7-18)31-23-11-8-19(27(28,29)30)16-22(23)25(21)34-20/h3-8,11,16,20-21,24-25,31,33H,2,9-10,12-15,17H2,1H3/t20-,21+,24+,25+/m1/s1. The number of hydrogen-bond acceptors (Lipinski definition) is 4. The highest BCUT2D eigenvalue weighted by molar-refractivity contribution is 5.58. The lowest BCUT2D eigenvalue weighted by molar-refractivity contribution is -0.138. The maximum atomic E-state index is 13.5. The predicted molar refractivity (Wildman–Crippen MR) is 126 cm³/mol. The molecule has 2 fully saturated rings. The highest BCUT2D eigenvalue weighted by atomic mass is 19.4. The van der Waals surface area contributed by atoms with Crippen LogP contribution < -0.4 is 5.32 Å². The average Bonchev–Trinajstić information content (AvgIpc) is 2.84. The summed E-state index contributed by atoms with van der Waals surface area (Å²) in [5, 5.41) is 14.1. The zero-order chi connectivity index (χ0) is 23.9. The second-order valence-electron chi connectivity index (χ2n) is 10.1.